The Morgan fingerprint density at radius 1 is 1.07 bits per heavy atom. The Hall–Kier alpha value is -2.77. The second kappa shape index (κ2) is 8.71. The van der Waals surface area contributed by atoms with Gasteiger partial charge < -0.3 is 10.2 Å². The van der Waals surface area contributed by atoms with Gasteiger partial charge in [0.2, 0.25) is 0 Å². The Kier molecular flexibility index (Phi) is 5.87. The predicted molar refractivity (Wildman–Crippen MR) is 114 cm³/mol. The smallest absolute Gasteiger partial charge is 0.266 e. The van der Waals surface area contributed by atoms with E-state index < -0.39 is 0 Å². The molecule has 5 nitrogen and oxygen atoms in total. The maximum Gasteiger partial charge on any atom is 0.266 e. The number of aromatic nitrogens is 1. The van der Waals surface area contributed by atoms with Crippen LogP contribution in [0.2, 0.25) is 0 Å². The maximum atomic E-state index is 13.1. The number of benzene rings is 2. The highest BCUT2D eigenvalue weighted by atomic mass is 32.1. The van der Waals surface area contributed by atoms with Crippen molar-refractivity contribution in [1.82, 2.24) is 14.8 Å². The van der Waals surface area contributed by atoms with Crippen LogP contribution in [0.4, 0.5) is 15.2 Å². The van der Waals surface area contributed by atoms with Gasteiger partial charge in [0.25, 0.3) is 5.91 Å². The van der Waals surface area contributed by atoms with Crippen LogP contribution in [0.15, 0.2) is 54.6 Å². The molecule has 1 amide bonds. The van der Waals surface area contributed by atoms with E-state index in [1.807, 2.05) is 17.9 Å². The number of hydrogen-bond acceptors (Lipinski definition) is 5. The average molecular weight is 411 g/mol. The molecule has 1 aromatic heterocycles. The molecule has 2 heterocycles. The Bertz CT molecular complexity index is 966. The van der Waals surface area contributed by atoms with E-state index in [0.717, 1.165) is 31.0 Å². The van der Waals surface area contributed by atoms with Gasteiger partial charge in [-0.15, -0.1) is 0 Å². The van der Waals surface area contributed by atoms with E-state index in [0.29, 0.717) is 23.1 Å². The van der Waals surface area contributed by atoms with Crippen LogP contribution in [-0.2, 0) is 6.54 Å². The molecule has 0 atom stereocenters. The number of nitrogens with zero attached hydrogens (tertiary/aromatic N) is 3. The van der Waals surface area contributed by atoms with E-state index in [-0.39, 0.29) is 11.7 Å². The lowest BCUT2D eigenvalue weighted by molar-refractivity contribution is 0.0632. The zero-order chi connectivity index (χ0) is 20.2. The van der Waals surface area contributed by atoms with E-state index in [1.54, 1.807) is 12.1 Å². The number of halogens is 1. The fourth-order valence-corrected chi connectivity index (χ4v) is 4.35. The molecule has 4 rings (SSSR count). The van der Waals surface area contributed by atoms with Crippen LogP contribution >= 0.6 is 11.3 Å². The van der Waals surface area contributed by atoms with Gasteiger partial charge in [-0.25, -0.2) is 9.37 Å². The maximum absolute atomic E-state index is 13.1. The van der Waals surface area contributed by atoms with Crippen LogP contribution in [0.3, 0.4) is 0 Å². The summed E-state index contributed by atoms with van der Waals surface area (Å²) in [5.41, 5.74) is 2.76. The molecule has 0 aliphatic carbocycles. The van der Waals surface area contributed by atoms with Gasteiger partial charge >= 0.3 is 0 Å². The van der Waals surface area contributed by atoms with Crippen molar-refractivity contribution in [2.45, 2.75) is 13.5 Å². The molecule has 7 heteroatoms. The molecule has 150 valence electrons. The number of piperazine rings is 1. The first-order valence-electron chi connectivity index (χ1n) is 9.64. The van der Waals surface area contributed by atoms with Crippen molar-refractivity contribution >= 4 is 28.1 Å². The molecule has 2 aromatic carbocycles. The molecule has 29 heavy (non-hydrogen) atoms. The summed E-state index contributed by atoms with van der Waals surface area (Å²) in [5.74, 6) is -0.250. The summed E-state index contributed by atoms with van der Waals surface area (Å²) in [6, 6.07) is 16.5. The Morgan fingerprint density at radius 2 is 1.76 bits per heavy atom. The molecule has 0 radical (unpaired) electrons. The minimum atomic E-state index is -0.284. The third-order valence-corrected chi connectivity index (χ3v) is 6.06. The van der Waals surface area contributed by atoms with Crippen LogP contribution < -0.4 is 5.32 Å². The highest BCUT2D eigenvalue weighted by Gasteiger charge is 2.25. The van der Waals surface area contributed by atoms with Gasteiger partial charge in [-0.3, -0.25) is 9.69 Å². The van der Waals surface area contributed by atoms with E-state index in [4.69, 9.17) is 0 Å². The zero-order valence-corrected chi connectivity index (χ0v) is 17.1. The highest BCUT2D eigenvalue weighted by Crippen LogP contribution is 2.27. The summed E-state index contributed by atoms with van der Waals surface area (Å²) >= 11 is 1.34. The molecule has 1 saturated heterocycles. The van der Waals surface area contributed by atoms with E-state index >= 15 is 0 Å². The lowest BCUT2D eigenvalue weighted by Crippen LogP contribution is -2.48. The van der Waals surface area contributed by atoms with E-state index in [9.17, 15) is 9.18 Å². The second-order valence-electron chi connectivity index (χ2n) is 7.12. The van der Waals surface area contributed by atoms with Crippen molar-refractivity contribution in [3.8, 4) is 0 Å². The van der Waals surface area contributed by atoms with Crippen molar-refractivity contribution < 1.29 is 9.18 Å². The number of anilines is 2. The largest absolute Gasteiger partial charge is 0.335 e. The third kappa shape index (κ3) is 4.81. The molecule has 0 spiro atoms. The number of hydrogen-bond donors (Lipinski definition) is 1. The van der Waals surface area contributed by atoms with Crippen LogP contribution in [0.25, 0.3) is 0 Å². The summed E-state index contributed by atoms with van der Waals surface area (Å²) in [7, 11) is 0. The molecule has 0 bridgehead atoms. The standard InChI is InChI=1S/C22H23FN4OS/c1-16-20(29-22(24-16)25-19-9-7-18(23)8-10-19)21(28)27-13-11-26(12-14-27)15-17-5-3-2-4-6-17/h2-10H,11-15H2,1H3,(H,24,25). The lowest BCUT2D eigenvalue weighted by atomic mass is 10.2. The van der Waals surface area contributed by atoms with Crippen LogP contribution in [0.5, 0.6) is 0 Å². The monoisotopic (exact) mass is 410 g/mol. The predicted octanol–water partition coefficient (Wildman–Crippen LogP) is 4.29. The van der Waals surface area contributed by atoms with Gasteiger partial charge in [0.1, 0.15) is 10.7 Å². The van der Waals surface area contributed by atoms with Crippen LogP contribution in [0, 0.1) is 12.7 Å². The first-order valence-corrected chi connectivity index (χ1v) is 10.5. The minimum Gasteiger partial charge on any atom is -0.335 e. The number of carbonyl (C=O) groups excluding carboxylic acids is 1. The number of nitrogens with one attached hydrogen (secondary N) is 1. The fourth-order valence-electron chi connectivity index (χ4n) is 3.40. The average Bonchev–Trinajstić information content (AvgIpc) is 3.10. The van der Waals surface area contributed by atoms with Crippen molar-refractivity contribution in [3.63, 3.8) is 0 Å². The van der Waals surface area contributed by atoms with Gasteiger partial charge in [-0.2, -0.15) is 0 Å². The van der Waals surface area contributed by atoms with Gasteiger partial charge in [-0.1, -0.05) is 41.7 Å². The topological polar surface area (TPSA) is 48.5 Å². The quantitative estimate of drug-likeness (QED) is 0.682. The molecule has 1 aliphatic rings. The molecule has 3 aromatic rings. The van der Waals surface area contributed by atoms with Crippen molar-refractivity contribution in [3.05, 3.63) is 76.5 Å². The van der Waals surface area contributed by atoms with Crippen molar-refractivity contribution in [2.75, 3.05) is 31.5 Å². The summed E-state index contributed by atoms with van der Waals surface area (Å²) in [5, 5.41) is 3.79. The molecule has 0 saturated carbocycles. The van der Waals surface area contributed by atoms with Gasteiger partial charge in [0, 0.05) is 38.4 Å². The number of amides is 1. The first kappa shape index (κ1) is 19.5. The number of thiazole rings is 1. The minimum absolute atomic E-state index is 0.0338. The van der Waals surface area contributed by atoms with E-state index in [1.165, 1.54) is 29.0 Å². The summed E-state index contributed by atoms with van der Waals surface area (Å²) in [4.78, 5) is 22.4. The number of rotatable bonds is 5. The number of aryl methyl sites for hydroxylation is 1. The molecule has 1 fully saturated rings. The molecular weight excluding hydrogens is 387 g/mol. The normalized spacial score (nSPS) is 14.8. The third-order valence-electron chi connectivity index (χ3n) is 4.99. The highest BCUT2D eigenvalue weighted by molar-refractivity contribution is 7.17. The fraction of sp³-hybridized carbons (Fsp3) is 0.273. The second-order valence-corrected chi connectivity index (χ2v) is 8.12. The Balaban J connectivity index is 1.36. The summed E-state index contributed by atoms with van der Waals surface area (Å²) < 4.78 is 13.1. The van der Waals surface area contributed by atoms with Gasteiger partial charge in [0.15, 0.2) is 5.13 Å². The molecule has 1 N–H and O–H groups in total. The van der Waals surface area contributed by atoms with Crippen molar-refractivity contribution in [2.24, 2.45) is 0 Å². The first-order chi connectivity index (χ1) is 14.1. The Morgan fingerprint density at radius 3 is 2.45 bits per heavy atom. The van der Waals surface area contributed by atoms with Gasteiger partial charge in [0.05, 0.1) is 5.69 Å². The summed E-state index contributed by atoms with van der Waals surface area (Å²) in [6.45, 7) is 5.91. The zero-order valence-electron chi connectivity index (χ0n) is 16.3. The SMILES string of the molecule is Cc1nc(Nc2ccc(F)cc2)sc1C(=O)N1CCN(Cc2ccccc2)CC1. The molecular formula is C22H23FN4OS. The lowest BCUT2D eigenvalue weighted by Gasteiger charge is -2.34. The van der Waals surface area contributed by atoms with Crippen LogP contribution in [0.1, 0.15) is 20.9 Å². The van der Waals surface area contributed by atoms with Crippen molar-refractivity contribution in [1.29, 1.82) is 0 Å². The molecule has 0 unspecified atom stereocenters. The van der Waals surface area contributed by atoms with Crippen LogP contribution in [-0.4, -0.2) is 46.9 Å². The molecule has 1 aliphatic heterocycles. The Labute approximate surface area is 173 Å². The van der Waals surface area contributed by atoms with E-state index in [2.05, 4.69) is 39.5 Å². The number of carbonyl (C=O) groups is 1. The summed E-state index contributed by atoms with van der Waals surface area (Å²) in [6.07, 6.45) is 0. The van der Waals surface area contributed by atoms with Gasteiger partial charge in [-0.05, 0) is 36.8 Å².